The number of ether oxygens (including phenoxy) is 1. The second-order valence-electron chi connectivity index (χ2n) is 5.07. The average molecular weight is 311 g/mol. The van der Waals surface area contributed by atoms with Crippen LogP contribution in [0.3, 0.4) is 0 Å². The van der Waals surface area contributed by atoms with Crippen LogP contribution >= 0.6 is 11.8 Å². The predicted molar refractivity (Wildman–Crippen MR) is 97.6 cm³/mol. The summed E-state index contributed by atoms with van der Waals surface area (Å²) in [5.41, 5.74) is 4.24. The second-order valence-corrected chi connectivity index (χ2v) is 6.24. The van der Waals surface area contributed by atoms with Gasteiger partial charge in [-0.2, -0.15) is 0 Å². The molecule has 0 saturated carbocycles. The molecule has 0 aromatic heterocycles. The van der Waals surface area contributed by atoms with Gasteiger partial charge in [0.05, 0.1) is 12.8 Å². The standard InChI is InChI=1S/C19H21NOS/c1-6-20-18-11-14(3)19(21-5)12-17(18)15(4)22-16-9-7-8-13(2)10-16/h6-12H,4H2,1-3,5H3/b20-6-. The molecule has 0 saturated heterocycles. The van der Waals surface area contributed by atoms with E-state index in [-0.39, 0.29) is 0 Å². The van der Waals surface area contributed by atoms with Gasteiger partial charge in [-0.15, -0.1) is 0 Å². The van der Waals surface area contributed by atoms with Crippen LogP contribution in [0.1, 0.15) is 23.6 Å². The van der Waals surface area contributed by atoms with E-state index in [9.17, 15) is 0 Å². The van der Waals surface area contributed by atoms with Crippen molar-refractivity contribution in [3.05, 3.63) is 59.7 Å². The molecule has 0 heterocycles. The van der Waals surface area contributed by atoms with E-state index in [1.165, 1.54) is 10.5 Å². The maximum Gasteiger partial charge on any atom is 0.122 e. The molecular formula is C19H21NOS. The quantitative estimate of drug-likeness (QED) is 0.514. The number of aliphatic imine (C=N–C) groups is 1. The van der Waals surface area contributed by atoms with Gasteiger partial charge in [0, 0.05) is 21.6 Å². The number of hydrogen-bond donors (Lipinski definition) is 0. The lowest BCUT2D eigenvalue weighted by molar-refractivity contribution is 0.411. The first-order chi connectivity index (χ1) is 10.5. The van der Waals surface area contributed by atoms with Crippen molar-refractivity contribution in [3.8, 4) is 5.75 Å². The predicted octanol–water partition coefficient (Wildman–Crippen LogP) is 5.80. The molecule has 0 N–H and O–H groups in total. The Morgan fingerprint density at radius 1 is 1.23 bits per heavy atom. The molecular weight excluding hydrogens is 290 g/mol. The van der Waals surface area contributed by atoms with E-state index >= 15 is 0 Å². The second kappa shape index (κ2) is 7.32. The Morgan fingerprint density at radius 2 is 2.00 bits per heavy atom. The first-order valence-electron chi connectivity index (χ1n) is 7.16. The van der Waals surface area contributed by atoms with Gasteiger partial charge in [0.15, 0.2) is 0 Å². The molecule has 0 aliphatic carbocycles. The van der Waals surface area contributed by atoms with E-state index in [4.69, 9.17) is 4.74 Å². The van der Waals surface area contributed by atoms with E-state index in [2.05, 4.69) is 42.8 Å². The zero-order chi connectivity index (χ0) is 16.1. The topological polar surface area (TPSA) is 21.6 Å². The summed E-state index contributed by atoms with van der Waals surface area (Å²) >= 11 is 1.65. The zero-order valence-electron chi connectivity index (χ0n) is 13.5. The fraction of sp³-hybridized carbons (Fsp3) is 0.211. The first kappa shape index (κ1) is 16.4. The third-order valence-electron chi connectivity index (χ3n) is 3.31. The summed E-state index contributed by atoms with van der Waals surface area (Å²) in [7, 11) is 1.69. The number of benzene rings is 2. The molecule has 0 radical (unpaired) electrons. The van der Waals surface area contributed by atoms with Gasteiger partial charge >= 0.3 is 0 Å². The lowest BCUT2D eigenvalue weighted by atomic mass is 10.1. The fourth-order valence-electron chi connectivity index (χ4n) is 2.24. The number of thioether (sulfide) groups is 1. The molecule has 0 unspecified atom stereocenters. The highest BCUT2D eigenvalue weighted by molar-refractivity contribution is 8.08. The molecule has 2 aromatic rings. The smallest absolute Gasteiger partial charge is 0.122 e. The molecule has 2 rings (SSSR count). The largest absolute Gasteiger partial charge is 0.496 e. The molecule has 2 nitrogen and oxygen atoms in total. The van der Waals surface area contributed by atoms with Crippen LogP contribution in [0.25, 0.3) is 4.91 Å². The van der Waals surface area contributed by atoms with E-state index in [0.717, 1.165) is 27.5 Å². The molecule has 0 amide bonds. The SMILES string of the molecule is C=C(Sc1cccc(C)c1)c1cc(OC)c(C)cc1/N=C\C. The number of methoxy groups -OCH3 is 1. The van der Waals surface area contributed by atoms with Crippen LogP contribution in [0.5, 0.6) is 5.75 Å². The molecule has 114 valence electrons. The summed E-state index contributed by atoms with van der Waals surface area (Å²) in [6.45, 7) is 10.3. The van der Waals surface area contributed by atoms with Crippen LogP contribution < -0.4 is 4.74 Å². The fourth-order valence-corrected chi connectivity index (χ4v) is 3.19. The van der Waals surface area contributed by atoms with Gasteiger partial charge in [-0.1, -0.05) is 36.0 Å². The molecule has 0 aliphatic heterocycles. The molecule has 0 aliphatic rings. The van der Waals surface area contributed by atoms with Crippen LogP contribution in [0.4, 0.5) is 5.69 Å². The highest BCUT2D eigenvalue weighted by atomic mass is 32.2. The number of rotatable bonds is 5. The number of hydrogen-bond acceptors (Lipinski definition) is 3. The molecule has 0 spiro atoms. The van der Waals surface area contributed by atoms with E-state index in [1.54, 1.807) is 25.1 Å². The third-order valence-corrected chi connectivity index (χ3v) is 4.27. The zero-order valence-corrected chi connectivity index (χ0v) is 14.3. The van der Waals surface area contributed by atoms with Crippen LogP contribution in [0.2, 0.25) is 0 Å². The van der Waals surface area contributed by atoms with Crippen LogP contribution in [0.15, 0.2) is 52.9 Å². The van der Waals surface area contributed by atoms with Crippen LogP contribution in [-0.2, 0) is 0 Å². The summed E-state index contributed by atoms with van der Waals surface area (Å²) in [5, 5.41) is 0. The highest BCUT2D eigenvalue weighted by Gasteiger charge is 2.11. The highest BCUT2D eigenvalue weighted by Crippen LogP contribution is 2.40. The Kier molecular flexibility index (Phi) is 5.45. The molecule has 0 fully saturated rings. The molecule has 0 atom stereocenters. The molecule has 3 heteroatoms. The van der Waals surface area contributed by atoms with E-state index < -0.39 is 0 Å². The van der Waals surface area contributed by atoms with Crippen molar-refractivity contribution in [3.63, 3.8) is 0 Å². The summed E-state index contributed by atoms with van der Waals surface area (Å²) in [6.07, 6.45) is 1.80. The van der Waals surface area contributed by atoms with Crippen molar-refractivity contribution in [2.45, 2.75) is 25.7 Å². The van der Waals surface area contributed by atoms with Crippen molar-refractivity contribution in [1.82, 2.24) is 0 Å². The van der Waals surface area contributed by atoms with Gasteiger partial charge in [0.25, 0.3) is 0 Å². The lowest BCUT2D eigenvalue weighted by Crippen LogP contribution is -1.90. The van der Waals surface area contributed by atoms with Crippen molar-refractivity contribution in [2.75, 3.05) is 7.11 Å². The summed E-state index contributed by atoms with van der Waals surface area (Å²) in [6, 6.07) is 12.5. The molecule has 0 bridgehead atoms. The van der Waals surface area contributed by atoms with Crippen molar-refractivity contribution >= 4 is 28.6 Å². The van der Waals surface area contributed by atoms with Crippen LogP contribution in [0, 0.1) is 13.8 Å². The van der Waals surface area contributed by atoms with Gasteiger partial charge in [-0.05, 0) is 50.6 Å². The summed E-state index contributed by atoms with van der Waals surface area (Å²) in [4.78, 5) is 6.61. The normalized spacial score (nSPS) is 10.9. The minimum absolute atomic E-state index is 0.857. The molecule has 2 aromatic carbocycles. The Morgan fingerprint density at radius 3 is 2.64 bits per heavy atom. The number of aryl methyl sites for hydroxylation is 2. The molecule has 22 heavy (non-hydrogen) atoms. The number of nitrogens with zero attached hydrogens (tertiary/aromatic N) is 1. The van der Waals surface area contributed by atoms with Crippen molar-refractivity contribution < 1.29 is 4.74 Å². The Balaban J connectivity index is 2.39. The van der Waals surface area contributed by atoms with Crippen molar-refractivity contribution in [1.29, 1.82) is 0 Å². The van der Waals surface area contributed by atoms with Crippen LogP contribution in [-0.4, -0.2) is 13.3 Å². The van der Waals surface area contributed by atoms with Gasteiger partial charge in [-0.25, -0.2) is 0 Å². The Hall–Kier alpha value is -2.00. The summed E-state index contributed by atoms with van der Waals surface area (Å²) < 4.78 is 5.44. The van der Waals surface area contributed by atoms with E-state index in [0.29, 0.717) is 0 Å². The third kappa shape index (κ3) is 3.80. The van der Waals surface area contributed by atoms with Gasteiger partial charge in [0.1, 0.15) is 5.75 Å². The lowest BCUT2D eigenvalue weighted by Gasteiger charge is -2.13. The maximum absolute atomic E-state index is 5.44. The maximum atomic E-state index is 5.44. The monoisotopic (exact) mass is 311 g/mol. The first-order valence-corrected chi connectivity index (χ1v) is 7.98. The minimum Gasteiger partial charge on any atom is -0.496 e. The van der Waals surface area contributed by atoms with Crippen molar-refractivity contribution in [2.24, 2.45) is 4.99 Å². The Bertz CT molecular complexity index is 719. The van der Waals surface area contributed by atoms with E-state index in [1.807, 2.05) is 26.0 Å². The van der Waals surface area contributed by atoms with Gasteiger partial charge < -0.3 is 4.74 Å². The van der Waals surface area contributed by atoms with Gasteiger partial charge in [-0.3, -0.25) is 4.99 Å². The van der Waals surface area contributed by atoms with Gasteiger partial charge in [0.2, 0.25) is 0 Å². The summed E-state index contributed by atoms with van der Waals surface area (Å²) in [5.74, 6) is 0.857. The minimum atomic E-state index is 0.857. The Labute approximate surface area is 136 Å². The average Bonchev–Trinajstić information content (AvgIpc) is 2.47.